The second-order valence-electron chi connectivity index (χ2n) is 6.23. The van der Waals surface area contributed by atoms with E-state index in [1.54, 1.807) is 0 Å². The maximum atomic E-state index is 11.2. The first-order valence-corrected chi connectivity index (χ1v) is 6.79. The molecule has 0 aromatic heterocycles. The molecular formula is C14H27NO2. The molecule has 0 radical (unpaired) electrons. The van der Waals surface area contributed by atoms with Gasteiger partial charge in [0, 0.05) is 18.1 Å². The highest BCUT2D eigenvalue weighted by Crippen LogP contribution is 2.38. The number of aliphatic carboxylic acids is 1. The lowest BCUT2D eigenvalue weighted by Crippen LogP contribution is -2.48. The third kappa shape index (κ3) is 3.21. The van der Waals surface area contributed by atoms with Gasteiger partial charge in [0.1, 0.15) is 0 Å². The Balaban J connectivity index is 2.65. The van der Waals surface area contributed by atoms with E-state index in [0.717, 1.165) is 25.7 Å². The van der Waals surface area contributed by atoms with Gasteiger partial charge in [0.15, 0.2) is 0 Å². The Bertz CT molecular complexity index is 257. The van der Waals surface area contributed by atoms with Gasteiger partial charge in [-0.05, 0) is 60.3 Å². The van der Waals surface area contributed by atoms with Crippen LogP contribution in [0, 0.1) is 5.41 Å². The number of carboxylic acid groups (broad SMARTS) is 1. The Hall–Kier alpha value is -0.570. The van der Waals surface area contributed by atoms with Crippen LogP contribution in [0.5, 0.6) is 0 Å². The average molecular weight is 241 g/mol. The van der Waals surface area contributed by atoms with Gasteiger partial charge in [0.2, 0.25) is 0 Å². The van der Waals surface area contributed by atoms with Crippen molar-refractivity contribution in [2.24, 2.45) is 5.41 Å². The monoisotopic (exact) mass is 241 g/mol. The summed E-state index contributed by atoms with van der Waals surface area (Å²) in [5.41, 5.74) is -0.490. The fraction of sp³-hybridized carbons (Fsp3) is 0.929. The smallest absolute Gasteiger partial charge is 0.309 e. The molecule has 1 saturated carbocycles. The summed E-state index contributed by atoms with van der Waals surface area (Å²) in [6, 6.07) is 1.63. The summed E-state index contributed by atoms with van der Waals surface area (Å²) in [6.07, 6.45) is 3.64. The van der Waals surface area contributed by atoms with Crippen molar-refractivity contribution in [2.45, 2.75) is 78.4 Å². The Labute approximate surface area is 105 Å². The summed E-state index contributed by atoms with van der Waals surface area (Å²) in [4.78, 5) is 13.7. The minimum absolute atomic E-state index is 0.490. The van der Waals surface area contributed by atoms with E-state index < -0.39 is 11.4 Å². The minimum atomic E-state index is -0.628. The standard InChI is InChI=1S/C14H27NO2/c1-10(2)15(11(3)4)12-6-8-14(5,9-7-12)13(16)17/h10-12H,6-9H2,1-5H3,(H,16,17). The van der Waals surface area contributed by atoms with Gasteiger partial charge in [-0.3, -0.25) is 9.69 Å². The van der Waals surface area contributed by atoms with Crippen LogP contribution in [0.3, 0.4) is 0 Å². The lowest BCUT2D eigenvalue weighted by molar-refractivity contribution is -0.150. The van der Waals surface area contributed by atoms with E-state index in [2.05, 4.69) is 32.6 Å². The quantitative estimate of drug-likeness (QED) is 0.822. The zero-order valence-electron chi connectivity index (χ0n) is 11.9. The van der Waals surface area contributed by atoms with Crippen LogP contribution in [0.1, 0.15) is 60.3 Å². The van der Waals surface area contributed by atoms with Crippen LogP contribution in [0.15, 0.2) is 0 Å². The fourth-order valence-corrected chi connectivity index (χ4v) is 3.19. The highest BCUT2D eigenvalue weighted by molar-refractivity contribution is 5.74. The summed E-state index contributed by atoms with van der Waals surface area (Å²) in [7, 11) is 0. The number of hydrogen-bond acceptors (Lipinski definition) is 2. The number of carbonyl (C=O) groups is 1. The van der Waals surface area contributed by atoms with Gasteiger partial charge in [-0.25, -0.2) is 0 Å². The van der Waals surface area contributed by atoms with Crippen LogP contribution >= 0.6 is 0 Å². The van der Waals surface area contributed by atoms with Gasteiger partial charge in [0.25, 0.3) is 0 Å². The molecule has 0 spiro atoms. The van der Waals surface area contributed by atoms with Crippen molar-refractivity contribution in [1.29, 1.82) is 0 Å². The number of carboxylic acids is 1. The molecule has 0 heterocycles. The largest absolute Gasteiger partial charge is 0.481 e. The Morgan fingerprint density at radius 3 is 1.88 bits per heavy atom. The predicted molar refractivity (Wildman–Crippen MR) is 70.1 cm³/mol. The topological polar surface area (TPSA) is 40.5 Å². The second-order valence-corrected chi connectivity index (χ2v) is 6.23. The molecule has 0 aliphatic heterocycles. The molecule has 1 aliphatic carbocycles. The molecule has 0 saturated heterocycles. The van der Waals surface area contributed by atoms with E-state index in [4.69, 9.17) is 0 Å². The molecule has 0 aromatic rings. The van der Waals surface area contributed by atoms with Crippen molar-refractivity contribution < 1.29 is 9.90 Å². The fourth-order valence-electron chi connectivity index (χ4n) is 3.19. The van der Waals surface area contributed by atoms with Gasteiger partial charge < -0.3 is 5.11 Å². The molecule has 1 aliphatic rings. The van der Waals surface area contributed by atoms with Crippen molar-refractivity contribution >= 4 is 5.97 Å². The van der Waals surface area contributed by atoms with E-state index in [1.807, 2.05) is 6.92 Å². The molecule has 1 rings (SSSR count). The summed E-state index contributed by atoms with van der Waals surface area (Å²) in [6.45, 7) is 10.8. The zero-order chi connectivity index (χ0) is 13.2. The average Bonchev–Trinajstić information content (AvgIpc) is 2.20. The van der Waals surface area contributed by atoms with Crippen molar-refractivity contribution in [3.63, 3.8) is 0 Å². The van der Waals surface area contributed by atoms with Crippen LogP contribution in [0.25, 0.3) is 0 Å². The maximum Gasteiger partial charge on any atom is 0.309 e. The minimum Gasteiger partial charge on any atom is -0.481 e. The lowest BCUT2D eigenvalue weighted by atomic mass is 9.73. The van der Waals surface area contributed by atoms with Crippen LogP contribution < -0.4 is 0 Å². The van der Waals surface area contributed by atoms with Gasteiger partial charge in [0.05, 0.1) is 5.41 Å². The summed E-state index contributed by atoms with van der Waals surface area (Å²) in [5, 5.41) is 9.23. The first kappa shape index (κ1) is 14.5. The van der Waals surface area contributed by atoms with Crippen LogP contribution in [-0.2, 0) is 4.79 Å². The van der Waals surface area contributed by atoms with E-state index >= 15 is 0 Å². The van der Waals surface area contributed by atoms with Crippen molar-refractivity contribution in [3.05, 3.63) is 0 Å². The molecule has 0 bridgehead atoms. The number of hydrogen-bond donors (Lipinski definition) is 1. The molecule has 3 nitrogen and oxygen atoms in total. The maximum absolute atomic E-state index is 11.2. The van der Waals surface area contributed by atoms with Gasteiger partial charge in [-0.2, -0.15) is 0 Å². The number of rotatable bonds is 4. The SMILES string of the molecule is CC(C)N(C(C)C)C1CCC(C)(C(=O)O)CC1. The van der Waals surface area contributed by atoms with Gasteiger partial charge >= 0.3 is 5.97 Å². The lowest BCUT2D eigenvalue weighted by Gasteiger charge is -2.43. The molecule has 1 N–H and O–H groups in total. The Kier molecular flexibility index (Phi) is 4.59. The van der Waals surface area contributed by atoms with Crippen molar-refractivity contribution in [2.75, 3.05) is 0 Å². The second kappa shape index (κ2) is 5.38. The van der Waals surface area contributed by atoms with Crippen LogP contribution in [0.4, 0.5) is 0 Å². The molecule has 0 aromatic carbocycles. The highest BCUT2D eigenvalue weighted by atomic mass is 16.4. The predicted octanol–water partition coefficient (Wildman–Crippen LogP) is 3.14. The van der Waals surface area contributed by atoms with E-state index in [9.17, 15) is 9.90 Å². The highest BCUT2D eigenvalue weighted by Gasteiger charge is 2.39. The molecule has 100 valence electrons. The first-order chi connectivity index (χ1) is 7.78. The molecular weight excluding hydrogens is 214 g/mol. The van der Waals surface area contributed by atoms with Crippen molar-refractivity contribution in [3.8, 4) is 0 Å². The zero-order valence-corrected chi connectivity index (χ0v) is 11.9. The summed E-state index contributed by atoms with van der Waals surface area (Å²) < 4.78 is 0. The van der Waals surface area contributed by atoms with Gasteiger partial charge in [-0.1, -0.05) is 0 Å². The summed E-state index contributed by atoms with van der Waals surface area (Å²) in [5.74, 6) is -0.628. The Morgan fingerprint density at radius 1 is 1.18 bits per heavy atom. The molecule has 17 heavy (non-hydrogen) atoms. The van der Waals surface area contributed by atoms with Crippen LogP contribution in [0.2, 0.25) is 0 Å². The molecule has 0 atom stereocenters. The van der Waals surface area contributed by atoms with E-state index in [-0.39, 0.29) is 0 Å². The molecule has 1 fully saturated rings. The molecule has 0 unspecified atom stereocenters. The summed E-state index contributed by atoms with van der Waals surface area (Å²) >= 11 is 0. The van der Waals surface area contributed by atoms with E-state index in [1.165, 1.54) is 0 Å². The van der Waals surface area contributed by atoms with Gasteiger partial charge in [-0.15, -0.1) is 0 Å². The third-order valence-electron chi connectivity index (χ3n) is 4.19. The molecule has 0 amide bonds. The number of nitrogens with zero attached hydrogens (tertiary/aromatic N) is 1. The molecule has 3 heteroatoms. The van der Waals surface area contributed by atoms with E-state index in [0.29, 0.717) is 18.1 Å². The Morgan fingerprint density at radius 2 is 1.59 bits per heavy atom. The van der Waals surface area contributed by atoms with Crippen molar-refractivity contribution in [1.82, 2.24) is 4.90 Å². The van der Waals surface area contributed by atoms with Crippen LogP contribution in [-0.4, -0.2) is 34.1 Å². The normalized spacial score (nSPS) is 30.2. The third-order valence-corrected chi connectivity index (χ3v) is 4.19. The first-order valence-electron chi connectivity index (χ1n) is 6.79.